The van der Waals surface area contributed by atoms with Crippen molar-refractivity contribution < 1.29 is 9.59 Å². The molecular formula is C19H18N2O2. The molecule has 0 radical (unpaired) electrons. The van der Waals surface area contributed by atoms with E-state index in [0.29, 0.717) is 34.6 Å². The topological polar surface area (TPSA) is 58.2 Å². The summed E-state index contributed by atoms with van der Waals surface area (Å²) in [4.78, 5) is 25.4. The van der Waals surface area contributed by atoms with E-state index >= 15 is 0 Å². The first-order chi connectivity index (χ1) is 11.1. The van der Waals surface area contributed by atoms with E-state index in [4.69, 9.17) is 0 Å². The smallest absolute Gasteiger partial charge is 0.210 e. The van der Waals surface area contributed by atoms with Gasteiger partial charge in [0.05, 0.1) is 16.9 Å². The number of fused-ring (bicyclic) bond motifs is 1. The quantitative estimate of drug-likeness (QED) is 0.904. The van der Waals surface area contributed by atoms with E-state index in [1.54, 1.807) is 19.1 Å². The molecule has 0 aromatic heterocycles. The molecule has 0 bridgehead atoms. The average molecular weight is 306 g/mol. The molecule has 1 aliphatic rings. The van der Waals surface area contributed by atoms with Gasteiger partial charge in [0.25, 0.3) is 0 Å². The van der Waals surface area contributed by atoms with Crippen LogP contribution in [0.4, 0.5) is 11.4 Å². The predicted molar refractivity (Wildman–Crippen MR) is 91.2 cm³/mol. The summed E-state index contributed by atoms with van der Waals surface area (Å²) in [6.45, 7) is 4.20. The van der Waals surface area contributed by atoms with Gasteiger partial charge in [0.1, 0.15) is 0 Å². The highest BCUT2D eigenvalue weighted by atomic mass is 16.1. The zero-order valence-corrected chi connectivity index (χ0v) is 13.1. The SMILES string of the molecule is CCNC1=C(C)C(=O)c2c(Nc3ccccc3)cccc2C1=O. The highest BCUT2D eigenvalue weighted by molar-refractivity contribution is 6.28. The van der Waals surface area contributed by atoms with Crippen molar-refractivity contribution in [2.24, 2.45) is 0 Å². The number of hydrogen-bond donors (Lipinski definition) is 2. The molecule has 2 aromatic rings. The summed E-state index contributed by atoms with van der Waals surface area (Å²) in [5, 5.41) is 6.25. The van der Waals surface area contributed by atoms with E-state index in [1.165, 1.54) is 0 Å². The number of para-hydroxylation sites is 1. The number of carbonyl (C=O) groups excluding carboxylic acids is 2. The van der Waals surface area contributed by atoms with Crippen molar-refractivity contribution >= 4 is 22.9 Å². The van der Waals surface area contributed by atoms with Crippen LogP contribution in [0.5, 0.6) is 0 Å². The molecular weight excluding hydrogens is 288 g/mol. The summed E-state index contributed by atoms with van der Waals surface area (Å²) in [5.41, 5.74) is 3.29. The normalized spacial score (nSPS) is 13.8. The number of nitrogens with one attached hydrogen (secondary N) is 2. The second-order valence-electron chi connectivity index (χ2n) is 5.41. The molecule has 0 heterocycles. The van der Waals surface area contributed by atoms with Crippen molar-refractivity contribution in [3.8, 4) is 0 Å². The molecule has 0 spiro atoms. The monoisotopic (exact) mass is 306 g/mol. The third-order valence-corrected chi connectivity index (χ3v) is 3.89. The largest absolute Gasteiger partial charge is 0.382 e. The van der Waals surface area contributed by atoms with E-state index in [1.807, 2.05) is 43.3 Å². The first-order valence-electron chi connectivity index (χ1n) is 7.62. The van der Waals surface area contributed by atoms with E-state index in [2.05, 4.69) is 10.6 Å². The number of benzene rings is 2. The third-order valence-electron chi connectivity index (χ3n) is 3.89. The number of ketones is 2. The Hall–Kier alpha value is -2.88. The molecule has 4 heteroatoms. The van der Waals surface area contributed by atoms with Crippen LogP contribution in [0, 0.1) is 0 Å². The molecule has 116 valence electrons. The molecule has 4 nitrogen and oxygen atoms in total. The Morgan fingerprint density at radius 3 is 2.35 bits per heavy atom. The molecule has 3 rings (SSSR count). The van der Waals surface area contributed by atoms with E-state index in [-0.39, 0.29) is 11.6 Å². The number of hydrogen-bond acceptors (Lipinski definition) is 4. The van der Waals surface area contributed by atoms with Gasteiger partial charge in [0.15, 0.2) is 5.78 Å². The van der Waals surface area contributed by atoms with Gasteiger partial charge in [0.2, 0.25) is 5.78 Å². The fourth-order valence-electron chi connectivity index (χ4n) is 2.76. The molecule has 0 unspecified atom stereocenters. The Labute approximate surface area is 135 Å². The average Bonchev–Trinajstić information content (AvgIpc) is 2.57. The van der Waals surface area contributed by atoms with Crippen LogP contribution >= 0.6 is 0 Å². The van der Waals surface area contributed by atoms with Gasteiger partial charge in [0, 0.05) is 23.4 Å². The maximum atomic E-state index is 12.8. The second-order valence-corrected chi connectivity index (χ2v) is 5.41. The maximum Gasteiger partial charge on any atom is 0.210 e. The summed E-state index contributed by atoms with van der Waals surface area (Å²) < 4.78 is 0. The van der Waals surface area contributed by atoms with Crippen LogP contribution in [-0.4, -0.2) is 18.1 Å². The van der Waals surface area contributed by atoms with Crippen LogP contribution in [0.25, 0.3) is 0 Å². The van der Waals surface area contributed by atoms with Crippen molar-refractivity contribution in [2.75, 3.05) is 11.9 Å². The zero-order valence-electron chi connectivity index (χ0n) is 13.1. The lowest BCUT2D eigenvalue weighted by atomic mass is 9.86. The van der Waals surface area contributed by atoms with Crippen molar-refractivity contribution in [3.05, 3.63) is 70.9 Å². The standard InChI is InChI=1S/C19H18N2O2/c1-3-20-17-12(2)18(22)16-14(19(17)23)10-7-11-15(16)21-13-8-5-4-6-9-13/h4-11,20-21H,3H2,1-2H3. The molecule has 0 saturated heterocycles. The number of Topliss-reactive ketones (excluding diaryl/α,β-unsaturated/α-hetero) is 2. The van der Waals surface area contributed by atoms with Crippen LogP contribution < -0.4 is 10.6 Å². The first kappa shape index (κ1) is 15.0. The number of carbonyl (C=O) groups is 2. The van der Waals surface area contributed by atoms with Crippen molar-refractivity contribution in [1.82, 2.24) is 5.32 Å². The highest BCUT2D eigenvalue weighted by Gasteiger charge is 2.31. The fraction of sp³-hybridized carbons (Fsp3) is 0.158. The lowest BCUT2D eigenvalue weighted by Crippen LogP contribution is -2.30. The minimum absolute atomic E-state index is 0.116. The Kier molecular flexibility index (Phi) is 3.98. The van der Waals surface area contributed by atoms with Gasteiger partial charge in [-0.1, -0.05) is 30.3 Å². The summed E-state index contributed by atoms with van der Waals surface area (Å²) in [7, 11) is 0. The van der Waals surface area contributed by atoms with Gasteiger partial charge < -0.3 is 10.6 Å². The van der Waals surface area contributed by atoms with Gasteiger partial charge in [-0.25, -0.2) is 0 Å². The zero-order chi connectivity index (χ0) is 16.4. The Bertz CT molecular complexity index is 807. The van der Waals surface area contributed by atoms with Gasteiger partial charge in [-0.3, -0.25) is 9.59 Å². The number of anilines is 2. The van der Waals surface area contributed by atoms with Crippen molar-refractivity contribution in [1.29, 1.82) is 0 Å². The van der Waals surface area contributed by atoms with Gasteiger partial charge in [-0.05, 0) is 32.0 Å². The molecule has 0 atom stereocenters. The lowest BCUT2D eigenvalue weighted by Gasteiger charge is -2.22. The highest BCUT2D eigenvalue weighted by Crippen LogP contribution is 2.32. The van der Waals surface area contributed by atoms with Gasteiger partial charge in [-0.2, -0.15) is 0 Å². The molecule has 2 N–H and O–H groups in total. The van der Waals surface area contributed by atoms with E-state index in [0.717, 1.165) is 5.69 Å². The molecule has 0 fully saturated rings. The van der Waals surface area contributed by atoms with Crippen LogP contribution in [0.3, 0.4) is 0 Å². The van der Waals surface area contributed by atoms with Crippen molar-refractivity contribution in [2.45, 2.75) is 13.8 Å². The van der Waals surface area contributed by atoms with Gasteiger partial charge in [-0.15, -0.1) is 0 Å². The molecule has 0 amide bonds. The fourth-order valence-corrected chi connectivity index (χ4v) is 2.76. The predicted octanol–water partition coefficient (Wildman–Crippen LogP) is 3.69. The number of rotatable bonds is 4. The number of likely N-dealkylation sites (N-methyl/N-ethyl adjacent to an activating group) is 1. The Balaban J connectivity index is 2.08. The summed E-state index contributed by atoms with van der Waals surface area (Å²) >= 11 is 0. The maximum absolute atomic E-state index is 12.8. The Morgan fingerprint density at radius 1 is 0.913 bits per heavy atom. The summed E-state index contributed by atoms with van der Waals surface area (Å²) in [6.07, 6.45) is 0. The van der Waals surface area contributed by atoms with E-state index in [9.17, 15) is 9.59 Å². The molecule has 1 aliphatic carbocycles. The molecule has 0 aliphatic heterocycles. The summed E-state index contributed by atoms with van der Waals surface area (Å²) in [5.74, 6) is -0.245. The summed E-state index contributed by atoms with van der Waals surface area (Å²) in [6, 6.07) is 14.9. The second kappa shape index (κ2) is 6.08. The molecule has 0 saturated carbocycles. The Morgan fingerprint density at radius 2 is 1.65 bits per heavy atom. The van der Waals surface area contributed by atoms with Gasteiger partial charge >= 0.3 is 0 Å². The van der Waals surface area contributed by atoms with Crippen LogP contribution in [0.1, 0.15) is 34.6 Å². The van der Waals surface area contributed by atoms with Crippen LogP contribution in [0.15, 0.2) is 59.8 Å². The minimum Gasteiger partial charge on any atom is -0.382 e. The third kappa shape index (κ3) is 2.63. The van der Waals surface area contributed by atoms with Crippen LogP contribution in [-0.2, 0) is 0 Å². The number of allylic oxidation sites excluding steroid dienone is 2. The molecule has 2 aromatic carbocycles. The van der Waals surface area contributed by atoms with Crippen molar-refractivity contribution in [3.63, 3.8) is 0 Å². The van der Waals surface area contributed by atoms with Crippen LogP contribution in [0.2, 0.25) is 0 Å². The molecule has 23 heavy (non-hydrogen) atoms. The first-order valence-corrected chi connectivity index (χ1v) is 7.62. The lowest BCUT2D eigenvalue weighted by molar-refractivity contribution is 0.0969. The minimum atomic E-state index is -0.129. The van der Waals surface area contributed by atoms with E-state index < -0.39 is 0 Å².